The SMILES string of the molecule is CCCCCCCCc1ccc(C(=O)Nc2cc(S(=O)(=O)O)ccc2OC)cc1. The molecular weight excluding hydrogens is 390 g/mol. The van der Waals surface area contributed by atoms with Gasteiger partial charge in [-0.25, -0.2) is 0 Å². The molecule has 0 atom stereocenters. The molecule has 0 aromatic heterocycles. The molecule has 2 N–H and O–H groups in total. The molecule has 0 radical (unpaired) electrons. The molecule has 0 saturated heterocycles. The minimum atomic E-state index is -4.38. The average molecular weight is 420 g/mol. The highest BCUT2D eigenvalue weighted by atomic mass is 32.2. The van der Waals surface area contributed by atoms with Crippen molar-refractivity contribution in [2.75, 3.05) is 12.4 Å². The largest absolute Gasteiger partial charge is 0.495 e. The van der Waals surface area contributed by atoms with E-state index in [0.717, 1.165) is 12.8 Å². The van der Waals surface area contributed by atoms with Gasteiger partial charge in [-0.3, -0.25) is 9.35 Å². The Morgan fingerprint density at radius 1 is 1.00 bits per heavy atom. The summed E-state index contributed by atoms with van der Waals surface area (Å²) in [6.45, 7) is 2.21. The Kier molecular flexibility index (Phi) is 8.67. The van der Waals surface area contributed by atoms with Crippen LogP contribution in [0.3, 0.4) is 0 Å². The van der Waals surface area contributed by atoms with Crippen LogP contribution in [0.15, 0.2) is 47.4 Å². The predicted molar refractivity (Wildman–Crippen MR) is 114 cm³/mol. The number of hydrogen-bond donors (Lipinski definition) is 2. The zero-order valence-corrected chi connectivity index (χ0v) is 17.8. The van der Waals surface area contributed by atoms with E-state index in [1.165, 1.54) is 63.0 Å². The van der Waals surface area contributed by atoms with Crippen LogP contribution in [0.25, 0.3) is 0 Å². The lowest BCUT2D eigenvalue weighted by molar-refractivity contribution is 0.102. The lowest BCUT2D eigenvalue weighted by atomic mass is 10.0. The fourth-order valence-electron chi connectivity index (χ4n) is 3.07. The number of carbonyl (C=O) groups excluding carboxylic acids is 1. The van der Waals surface area contributed by atoms with Gasteiger partial charge in [-0.15, -0.1) is 0 Å². The molecule has 0 aliphatic rings. The maximum absolute atomic E-state index is 12.5. The van der Waals surface area contributed by atoms with E-state index in [9.17, 15) is 17.8 Å². The van der Waals surface area contributed by atoms with Gasteiger partial charge in [0.05, 0.1) is 17.7 Å². The predicted octanol–water partition coefficient (Wildman–Crippen LogP) is 5.10. The second kappa shape index (κ2) is 11.0. The number of benzene rings is 2. The summed E-state index contributed by atoms with van der Waals surface area (Å²) >= 11 is 0. The lowest BCUT2D eigenvalue weighted by Crippen LogP contribution is -2.13. The second-order valence-electron chi connectivity index (χ2n) is 7.01. The summed E-state index contributed by atoms with van der Waals surface area (Å²) in [7, 11) is -2.97. The number of carbonyl (C=O) groups is 1. The lowest BCUT2D eigenvalue weighted by Gasteiger charge is -2.11. The first kappa shape index (κ1) is 22.9. The Morgan fingerprint density at radius 3 is 2.28 bits per heavy atom. The molecular formula is C22H29NO5S. The van der Waals surface area contributed by atoms with Crippen LogP contribution in [-0.2, 0) is 16.5 Å². The van der Waals surface area contributed by atoms with Crippen molar-refractivity contribution in [2.24, 2.45) is 0 Å². The summed E-state index contributed by atoms with van der Waals surface area (Å²) < 4.78 is 37.0. The van der Waals surface area contributed by atoms with Gasteiger partial charge in [0.15, 0.2) is 0 Å². The molecule has 0 saturated carbocycles. The fourth-order valence-corrected chi connectivity index (χ4v) is 3.58. The molecule has 7 heteroatoms. The maximum Gasteiger partial charge on any atom is 0.294 e. The highest BCUT2D eigenvalue weighted by Gasteiger charge is 2.15. The van der Waals surface area contributed by atoms with E-state index in [0.29, 0.717) is 11.3 Å². The molecule has 2 aromatic carbocycles. The third-order valence-corrected chi connectivity index (χ3v) is 5.60. The van der Waals surface area contributed by atoms with Gasteiger partial charge >= 0.3 is 0 Å². The van der Waals surface area contributed by atoms with Crippen molar-refractivity contribution in [2.45, 2.75) is 56.8 Å². The van der Waals surface area contributed by atoms with Gasteiger partial charge in [-0.2, -0.15) is 8.42 Å². The zero-order valence-electron chi connectivity index (χ0n) is 17.0. The molecule has 0 aliphatic heterocycles. The minimum absolute atomic E-state index is 0.170. The molecule has 1 amide bonds. The number of hydrogen-bond acceptors (Lipinski definition) is 4. The van der Waals surface area contributed by atoms with Crippen LogP contribution in [0.2, 0.25) is 0 Å². The topological polar surface area (TPSA) is 92.7 Å². The highest BCUT2D eigenvalue weighted by molar-refractivity contribution is 7.85. The summed E-state index contributed by atoms with van der Waals surface area (Å²) in [5.41, 5.74) is 1.81. The molecule has 0 aliphatic carbocycles. The first-order valence-electron chi connectivity index (χ1n) is 9.91. The standard InChI is InChI=1S/C22H29NO5S/c1-3-4-5-6-7-8-9-17-10-12-18(13-11-17)22(24)23-20-16-19(29(25,26)27)14-15-21(20)28-2/h10-16H,3-9H2,1-2H3,(H,23,24)(H,25,26,27). The average Bonchev–Trinajstić information content (AvgIpc) is 2.70. The van der Waals surface area contributed by atoms with E-state index in [1.54, 1.807) is 12.1 Å². The van der Waals surface area contributed by atoms with Crippen molar-refractivity contribution < 1.29 is 22.5 Å². The Labute approximate surface area is 173 Å². The van der Waals surface area contributed by atoms with E-state index in [2.05, 4.69) is 12.2 Å². The molecule has 158 valence electrons. The zero-order chi connectivity index (χ0) is 21.3. The molecule has 0 spiro atoms. The number of unbranched alkanes of at least 4 members (excludes halogenated alkanes) is 5. The molecule has 2 rings (SSSR count). The number of ether oxygens (including phenoxy) is 1. The van der Waals surface area contributed by atoms with Crippen molar-refractivity contribution >= 4 is 21.7 Å². The van der Waals surface area contributed by atoms with Crippen LogP contribution in [0.4, 0.5) is 5.69 Å². The third-order valence-electron chi connectivity index (χ3n) is 4.75. The minimum Gasteiger partial charge on any atom is -0.495 e. The van der Waals surface area contributed by atoms with Crippen molar-refractivity contribution in [3.63, 3.8) is 0 Å². The molecule has 6 nitrogen and oxygen atoms in total. The highest BCUT2D eigenvalue weighted by Crippen LogP contribution is 2.28. The normalized spacial score (nSPS) is 11.3. The van der Waals surface area contributed by atoms with E-state index in [-0.39, 0.29) is 16.5 Å². The van der Waals surface area contributed by atoms with E-state index < -0.39 is 10.1 Å². The number of nitrogens with one attached hydrogen (secondary N) is 1. The van der Waals surface area contributed by atoms with Crippen molar-refractivity contribution in [3.05, 3.63) is 53.6 Å². The Morgan fingerprint density at radius 2 is 1.66 bits per heavy atom. The summed E-state index contributed by atoms with van der Waals surface area (Å²) in [5, 5.41) is 2.64. The Bertz CT molecular complexity index is 907. The van der Waals surface area contributed by atoms with Crippen LogP contribution in [-0.4, -0.2) is 26.0 Å². The van der Waals surface area contributed by atoms with Crippen LogP contribution >= 0.6 is 0 Å². The van der Waals surface area contributed by atoms with Crippen LogP contribution < -0.4 is 10.1 Å². The summed E-state index contributed by atoms with van der Waals surface area (Å²) in [6.07, 6.45) is 8.42. The quantitative estimate of drug-likeness (QED) is 0.391. The Balaban J connectivity index is 1.99. The summed E-state index contributed by atoms with van der Waals surface area (Å²) in [5.74, 6) is -0.0904. The van der Waals surface area contributed by atoms with Crippen LogP contribution in [0.1, 0.15) is 61.4 Å². The number of aryl methyl sites for hydroxylation is 1. The van der Waals surface area contributed by atoms with Gasteiger partial charge in [-0.05, 0) is 48.7 Å². The van der Waals surface area contributed by atoms with E-state index >= 15 is 0 Å². The molecule has 0 unspecified atom stereocenters. The number of methoxy groups -OCH3 is 1. The van der Waals surface area contributed by atoms with Gasteiger partial charge in [0.1, 0.15) is 5.75 Å². The first-order valence-corrected chi connectivity index (χ1v) is 11.3. The fraction of sp³-hybridized carbons (Fsp3) is 0.409. The monoisotopic (exact) mass is 419 g/mol. The second-order valence-corrected chi connectivity index (χ2v) is 8.43. The Hall–Kier alpha value is -2.38. The number of amides is 1. The van der Waals surface area contributed by atoms with Crippen molar-refractivity contribution in [1.29, 1.82) is 0 Å². The smallest absolute Gasteiger partial charge is 0.294 e. The molecule has 2 aromatic rings. The number of anilines is 1. The van der Waals surface area contributed by atoms with Crippen molar-refractivity contribution in [3.8, 4) is 5.75 Å². The van der Waals surface area contributed by atoms with Gasteiger partial charge < -0.3 is 10.1 Å². The van der Waals surface area contributed by atoms with Crippen molar-refractivity contribution in [1.82, 2.24) is 0 Å². The summed E-state index contributed by atoms with van der Waals surface area (Å²) in [6, 6.07) is 11.1. The first-order chi connectivity index (χ1) is 13.8. The van der Waals surface area contributed by atoms with Gasteiger partial charge in [0.25, 0.3) is 16.0 Å². The molecule has 29 heavy (non-hydrogen) atoms. The van der Waals surface area contributed by atoms with Gasteiger partial charge in [0, 0.05) is 5.56 Å². The molecule has 0 bridgehead atoms. The van der Waals surface area contributed by atoms with Crippen LogP contribution in [0, 0.1) is 0 Å². The summed E-state index contributed by atoms with van der Waals surface area (Å²) in [4.78, 5) is 12.2. The number of rotatable bonds is 11. The van der Waals surface area contributed by atoms with Crippen LogP contribution in [0.5, 0.6) is 5.75 Å². The van der Waals surface area contributed by atoms with E-state index in [4.69, 9.17) is 4.74 Å². The van der Waals surface area contributed by atoms with E-state index in [1.807, 2.05) is 12.1 Å². The van der Waals surface area contributed by atoms with Gasteiger partial charge in [0.2, 0.25) is 0 Å². The maximum atomic E-state index is 12.5. The van der Waals surface area contributed by atoms with Gasteiger partial charge in [-0.1, -0.05) is 51.2 Å². The molecule has 0 fully saturated rings. The third kappa shape index (κ3) is 7.18. The molecule has 0 heterocycles.